The van der Waals surface area contributed by atoms with E-state index in [1.54, 1.807) is 0 Å². The molecule has 1 N–H and O–H groups in total. The highest BCUT2D eigenvalue weighted by Gasteiger charge is 2.16. The van der Waals surface area contributed by atoms with Gasteiger partial charge >= 0.3 is 0 Å². The van der Waals surface area contributed by atoms with Gasteiger partial charge in [-0.3, -0.25) is 4.79 Å². The van der Waals surface area contributed by atoms with Crippen LogP contribution in [-0.2, 0) is 12.8 Å². The summed E-state index contributed by atoms with van der Waals surface area (Å²) in [6.07, 6.45) is 1.81. The molecule has 0 aromatic heterocycles. The number of benzene rings is 3. The Morgan fingerprint density at radius 3 is 2.21 bits per heavy atom. The molecule has 29 heavy (non-hydrogen) atoms. The van der Waals surface area contributed by atoms with Gasteiger partial charge in [0.25, 0.3) is 5.91 Å². The van der Waals surface area contributed by atoms with Gasteiger partial charge in [0, 0.05) is 18.2 Å². The molecule has 0 aliphatic rings. The Morgan fingerprint density at radius 2 is 1.52 bits per heavy atom. The average Bonchev–Trinajstić information content (AvgIpc) is 2.74. The monoisotopic (exact) mass is 386 g/mol. The summed E-state index contributed by atoms with van der Waals surface area (Å²) in [5.74, 6) is -0.0266. The van der Waals surface area contributed by atoms with E-state index in [9.17, 15) is 4.79 Å². The number of rotatable bonds is 8. The van der Waals surface area contributed by atoms with Gasteiger partial charge in [0.2, 0.25) is 0 Å². The molecule has 0 heterocycles. The number of nitrogens with one attached hydrogen (secondary N) is 1. The Bertz CT molecular complexity index is 934. The molecule has 3 nitrogen and oxygen atoms in total. The molecule has 3 heteroatoms. The molecule has 0 bridgehead atoms. The molecule has 0 saturated heterocycles. The first-order valence-electron chi connectivity index (χ1n) is 10.2. The van der Waals surface area contributed by atoms with Crippen molar-refractivity contribution >= 4 is 5.91 Å². The predicted molar refractivity (Wildman–Crippen MR) is 121 cm³/mol. The van der Waals surface area contributed by atoms with Crippen LogP contribution in [0.3, 0.4) is 0 Å². The maximum atomic E-state index is 13.0. The van der Waals surface area contributed by atoms with Gasteiger partial charge in [-0.1, -0.05) is 73.7 Å². The topological polar surface area (TPSA) is 32.3 Å². The molecule has 0 unspecified atom stereocenters. The number of nitrogens with zero attached hydrogens (tertiary/aromatic N) is 1. The second-order valence-electron chi connectivity index (χ2n) is 7.76. The zero-order valence-electron chi connectivity index (χ0n) is 17.6. The van der Waals surface area contributed by atoms with Gasteiger partial charge in [-0.25, -0.2) is 0 Å². The van der Waals surface area contributed by atoms with E-state index < -0.39 is 0 Å². The number of amides is 1. The number of carbonyl (C=O) groups is 1. The fraction of sp³-hybridized carbons (Fsp3) is 0.269. The van der Waals surface area contributed by atoms with E-state index in [1.807, 2.05) is 50.5 Å². The Balaban J connectivity index is 1.77. The van der Waals surface area contributed by atoms with E-state index in [2.05, 4.69) is 59.6 Å². The number of hydrogen-bond acceptors (Lipinski definition) is 2. The van der Waals surface area contributed by atoms with Crippen LogP contribution in [0.15, 0.2) is 78.9 Å². The third kappa shape index (κ3) is 6.03. The summed E-state index contributed by atoms with van der Waals surface area (Å²) in [6, 6.07) is 26.8. The van der Waals surface area contributed by atoms with Crippen LogP contribution in [0, 0.1) is 0 Å². The number of likely N-dealkylation sites (N-methyl/N-ethyl adjacent to an activating group) is 1. The zero-order valence-corrected chi connectivity index (χ0v) is 17.6. The van der Waals surface area contributed by atoms with E-state index in [0.29, 0.717) is 5.56 Å². The van der Waals surface area contributed by atoms with Crippen molar-refractivity contribution in [3.05, 3.63) is 95.6 Å². The molecular weight excluding hydrogens is 356 g/mol. The first-order valence-corrected chi connectivity index (χ1v) is 10.2. The summed E-state index contributed by atoms with van der Waals surface area (Å²) in [4.78, 5) is 15.1. The van der Waals surface area contributed by atoms with E-state index in [0.717, 1.165) is 30.5 Å². The van der Waals surface area contributed by atoms with Crippen LogP contribution in [0.5, 0.6) is 0 Å². The molecule has 0 aliphatic heterocycles. The van der Waals surface area contributed by atoms with Crippen LogP contribution in [0.4, 0.5) is 0 Å². The van der Waals surface area contributed by atoms with Gasteiger partial charge in [-0.05, 0) is 61.3 Å². The van der Waals surface area contributed by atoms with Crippen molar-refractivity contribution in [3.63, 3.8) is 0 Å². The van der Waals surface area contributed by atoms with E-state index in [1.165, 1.54) is 11.1 Å². The molecule has 0 aliphatic carbocycles. The summed E-state index contributed by atoms with van der Waals surface area (Å²) >= 11 is 0. The summed E-state index contributed by atoms with van der Waals surface area (Å²) in [5.41, 5.74) is 5.44. The molecule has 3 aromatic carbocycles. The largest absolute Gasteiger partial charge is 0.348 e. The standard InChI is InChI=1S/C26H30N2O/c1-4-20-12-8-13-22(16-20)23-14-9-15-24(18-23)26(29)27-25(19-28(2)3)17-21-10-6-5-7-11-21/h5-16,18,25H,4,17,19H2,1-3H3,(H,27,29)/t25-/m0/s1. The van der Waals surface area contributed by atoms with Gasteiger partial charge in [0.05, 0.1) is 0 Å². The Morgan fingerprint density at radius 1 is 0.862 bits per heavy atom. The lowest BCUT2D eigenvalue weighted by molar-refractivity contribution is 0.0930. The Hall–Kier alpha value is -2.91. The summed E-state index contributed by atoms with van der Waals surface area (Å²) in [5, 5.41) is 3.23. The Labute approximate surface area is 174 Å². The normalized spacial score (nSPS) is 12.0. The third-order valence-electron chi connectivity index (χ3n) is 5.04. The minimum Gasteiger partial charge on any atom is -0.348 e. The lowest BCUT2D eigenvalue weighted by atomic mass is 9.99. The second-order valence-corrected chi connectivity index (χ2v) is 7.76. The maximum Gasteiger partial charge on any atom is 0.251 e. The first kappa shape index (κ1) is 20.8. The average molecular weight is 387 g/mol. The second kappa shape index (κ2) is 10.0. The molecule has 0 fully saturated rings. The SMILES string of the molecule is CCc1cccc(-c2cccc(C(=O)N[C@@H](Cc3ccccc3)CN(C)C)c2)c1. The van der Waals surface area contributed by atoms with Gasteiger partial charge in [0.15, 0.2) is 0 Å². The fourth-order valence-electron chi connectivity index (χ4n) is 3.58. The van der Waals surface area contributed by atoms with Crippen LogP contribution in [-0.4, -0.2) is 37.5 Å². The number of aryl methyl sites for hydroxylation is 1. The number of hydrogen-bond donors (Lipinski definition) is 1. The van der Waals surface area contributed by atoms with E-state index >= 15 is 0 Å². The van der Waals surface area contributed by atoms with Crippen LogP contribution < -0.4 is 5.32 Å². The smallest absolute Gasteiger partial charge is 0.251 e. The molecule has 0 saturated carbocycles. The summed E-state index contributed by atoms with van der Waals surface area (Å²) in [7, 11) is 4.07. The summed E-state index contributed by atoms with van der Waals surface area (Å²) < 4.78 is 0. The van der Waals surface area contributed by atoms with Crippen LogP contribution >= 0.6 is 0 Å². The molecule has 0 radical (unpaired) electrons. The first-order chi connectivity index (χ1) is 14.0. The van der Waals surface area contributed by atoms with Crippen molar-refractivity contribution in [2.24, 2.45) is 0 Å². The predicted octanol–water partition coefficient (Wildman–Crippen LogP) is 4.82. The lowest BCUT2D eigenvalue weighted by Gasteiger charge is -2.23. The highest BCUT2D eigenvalue weighted by Crippen LogP contribution is 2.22. The minimum atomic E-state index is -0.0266. The molecule has 1 atom stereocenters. The van der Waals surface area contributed by atoms with Gasteiger partial charge in [0.1, 0.15) is 0 Å². The third-order valence-corrected chi connectivity index (χ3v) is 5.04. The van der Waals surface area contributed by atoms with Crippen LogP contribution in [0.2, 0.25) is 0 Å². The van der Waals surface area contributed by atoms with Gasteiger partial charge < -0.3 is 10.2 Å². The van der Waals surface area contributed by atoms with Crippen molar-refractivity contribution in [3.8, 4) is 11.1 Å². The van der Waals surface area contributed by atoms with Crippen molar-refractivity contribution in [1.29, 1.82) is 0 Å². The maximum absolute atomic E-state index is 13.0. The number of carbonyl (C=O) groups excluding carboxylic acids is 1. The molecular formula is C26H30N2O. The van der Waals surface area contributed by atoms with Crippen molar-refractivity contribution in [2.45, 2.75) is 25.8 Å². The van der Waals surface area contributed by atoms with Crippen molar-refractivity contribution in [1.82, 2.24) is 10.2 Å². The molecule has 3 rings (SSSR count). The van der Waals surface area contributed by atoms with Crippen molar-refractivity contribution < 1.29 is 4.79 Å². The molecule has 0 spiro atoms. The zero-order chi connectivity index (χ0) is 20.6. The summed E-state index contributed by atoms with van der Waals surface area (Å²) in [6.45, 7) is 2.94. The fourth-order valence-corrected chi connectivity index (χ4v) is 3.58. The Kier molecular flexibility index (Phi) is 7.20. The van der Waals surface area contributed by atoms with Crippen LogP contribution in [0.25, 0.3) is 11.1 Å². The van der Waals surface area contributed by atoms with E-state index in [-0.39, 0.29) is 11.9 Å². The highest BCUT2D eigenvalue weighted by atomic mass is 16.1. The van der Waals surface area contributed by atoms with Crippen LogP contribution in [0.1, 0.15) is 28.4 Å². The van der Waals surface area contributed by atoms with E-state index in [4.69, 9.17) is 0 Å². The highest BCUT2D eigenvalue weighted by molar-refractivity contribution is 5.95. The molecule has 3 aromatic rings. The minimum absolute atomic E-state index is 0.0266. The van der Waals surface area contributed by atoms with Gasteiger partial charge in [-0.2, -0.15) is 0 Å². The molecule has 1 amide bonds. The quantitative estimate of drug-likeness (QED) is 0.602. The molecule has 150 valence electrons. The van der Waals surface area contributed by atoms with Gasteiger partial charge in [-0.15, -0.1) is 0 Å². The lowest BCUT2D eigenvalue weighted by Crippen LogP contribution is -2.43. The van der Waals surface area contributed by atoms with Crippen molar-refractivity contribution in [2.75, 3.05) is 20.6 Å².